The van der Waals surface area contributed by atoms with Crippen LogP contribution >= 0.6 is 11.6 Å². The van der Waals surface area contributed by atoms with E-state index in [0.29, 0.717) is 17.5 Å². The molecule has 6 heteroatoms. The third kappa shape index (κ3) is 2.29. The third-order valence-electron chi connectivity index (χ3n) is 2.95. The minimum absolute atomic E-state index is 0.241. The first-order valence-electron chi connectivity index (χ1n) is 5.84. The van der Waals surface area contributed by atoms with Crippen LogP contribution in [0.5, 0.6) is 0 Å². The monoisotopic (exact) mass is 310 g/mol. The van der Waals surface area contributed by atoms with Crippen LogP contribution in [0.3, 0.4) is 0 Å². The van der Waals surface area contributed by atoms with Gasteiger partial charge in [-0.1, -0.05) is 23.7 Å². The average Bonchev–Trinajstić information content (AvgIpc) is 2.82. The van der Waals surface area contributed by atoms with E-state index < -0.39 is 28.8 Å². The van der Waals surface area contributed by atoms with Crippen molar-refractivity contribution in [1.82, 2.24) is 0 Å². The van der Waals surface area contributed by atoms with Crippen molar-refractivity contribution in [2.24, 2.45) is 0 Å². The number of ketones is 1. The smallest absolute Gasteiger partial charge is 0.234 e. The van der Waals surface area contributed by atoms with Gasteiger partial charge in [0.2, 0.25) is 5.78 Å². The minimum atomic E-state index is -1.29. The van der Waals surface area contributed by atoms with E-state index in [4.69, 9.17) is 16.0 Å². The van der Waals surface area contributed by atoms with Crippen LogP contribution in [0.2, 0.25) is 5.02 Å². The number of para-hydroxylation sites is 1. The summed E-state index contributed by atoms with van der Waals surface area (Å²) >= 11 is 5.90. The van der Waals surface area contributed by atoms with Gasteiger partial charge < -0.3 is 4.42 Å². The van der Waals surface area contributed by atoms with Crippen molar-refractivity contribution in [2.75, 3.05) is 0 Å². The molecule has 0 N–H and O–H groups in total. The summed E-state index contributed by atoms with van der Waals surface area (Å²) in [6.07, 6.45) is 0. The maximum absolute atomic E-state index is 13.6. The number of fused-ring (bicyclic) bond motifs is 1. The van der Waals surface area contributed by atoms with Gasteiger partial charge in [-0.3, -0.25) is 4.79 Å². The number of benzene rings is 2. The first-order chi connectivity index (χ1) is 9.97. The van der Waals surface area contributed by atoms with Gasteiger partial charge in [-0.2, -0.15) is 0 Å². The van der Waals surface area contributed by atoms with Crippen LogP contribution in [0.1, 0.15) is 16.1 Å². The predicted octanol–water partition coefficient (Wildman–Crippen LogP) is 4.73. The van der Waals surface area contributed by atoms with E-state index in [1.54, 1.807) is 18.2 Å². The van der Waals surface area contributed by atoms with Crippen LogP contribution in [-0.4, -0.2) is 5.78 Å². The van der Waals surface area contributed by atoms with Gasteiger partial charge in [-0.15, -0.1) is 0 Å². The fourth-order valence-electron chi connectivity index (χ4n) is 2.02. The molecule has 0 aliphatic carbocycles. The molecular weight excluding hydrogens is 305 g/mol. The van der Waals surface area contributed by atoms with Gasteiger partial charge in [0.15, 0.2) is 11.3 Å². The van der Waals surface area contributed by atoms with Gasteiger partial charge in [0.05, 0.1) is 10.6 Å². The van der Waals surface area contributed by atoms with Crippen molar-refractivity contribution in [3.63, 3.8) is 0 Å². The Kier molecular flexibility index (Phi) is 3.22. The minimum Gasteiger partial charge on any atom is -0.451 e. The van der Waals surface area contributed by atoms with Gasteiger partial charge in [0.25, 0.3) is 0 Å². The lowest BCUT2D eigenvalue weighted by Crippen LogP contribution is -2.07. The lowest BCUT2D eigenvalue weighted by molar-refractivity contribution is 0.100. The summed E-state index contributed by atoms with van der Waals surface area (Å²) in [4.78, 5) is 12.1. The molecule has 0 saturated heterocycles. The molecule has 0 atom stereocenters. The van der Waals surface area contributed by atoms with Crippen LogP contribution in [0.4, 0.5) is 13.2 Å². The van der Waals surface area contributed by atoms with Crippen LogP contribution < -0.4 is 0 Å². The Morgan fingerprint density at radius 1 is 1.05 bits per heavy atom. The lowest BCUT2D eigenvalue weighted by atomic mass is 10.1. The molecule has 2 nitrogen and oxygen atoms in total. The summed E-state index contributed by atoms with van der Waals surface area (Å²) in [6.45, 7) is 0. The van der Waals surface area contributed by atoms with Gasteiger partial charge in [0, 0.05) is 17.5 Å². The Morgan fingerprint density at radius 2 is 1.71 bits per heavy atom. The third-order valence-corrected chi connectivity index (χ3v) is 3.25. The Hall–Kier alpha value is -2.27. The zero-order valence-corrected chi connectivity index (χ0v) is 11.0. The molecule has 2 aromatic carbocycles. The highest BCUT2D eigenvalue weighted by Crippen LogP contribution is 2.28. The first kappa shape index (κ1) is 13.7. The fourth-order valence-corrected chi connectivity index (χ4v) is 2.24. The molecule has 0 fully saturated rings. The van der Waals surface area contributed by atoms with Crippen LogP contribution in [0, 0.1) is 17.5 Å². The van der Waals surface area contributed by atoms with Gasteiger partial charge >= 0.3 is 0 Å². The second-order valence-electron chi connectivity index (χ2n) is 4.34. The zero-order chi connectivity index (χ0) is 15.1. The number of halogens is 4. The molecule has 21 heavy (non-hydrogen) atoms. The van der Waals surface area contributed by atoms with E-state index in [2.05, 4.69) is 0 Å². The largest absolute Gasteiger partial charge is 0.451 e. The maximum atomic E-state index is 13.6. The summed E-state index contributed by atoms with van der Waals surface area (Å²) in [5.74, 6) is -4.97. The average molecular weight is 311 g/mol. The van der Waals surface area contributed by atoms with E-state index in [0.717, 1.165) is 0 Å². The number of hydrogen-bond acceptors (Lipinski definition) is 2. The Bertz CT molecular complexity index is 847. The molecule has 3 rings (SSSR count). The molecule has 3 aromatic rings. The SMILES string of the molecule is O=C(c1cc2cccc(Cl)c2o1)c1c(F)cc(F)cc1F. The Morgan fingerprint density at radius 3 is 2.33 bits per heavy atom. The van der Waals surface area contributed by atoms with Crippen molar-refractivity contribution in [1.29, 1.82) is 0 Å². The van der Waals surface area contributed by atoms with Crippen LogP contribution in [-0.2, 0) is 0 Å². The standard InChI is InChI=1S/C15H6ClF3O2/c16-9-3-1-2-7-4-12(21-15(7)9)14(20)13-10(18)5-8(17)6-11(13)19/h1-6H. The zero-order valence-electron chi connectivity index (χ0n) is 10.3. The second-order valence-corrected chi connectivity index (χ2v) is 4.75. The summed E-state index contributed by atoms with van der Waals surface area (Å²) in [5, 5.41) is 0.792. The molecule has 0 bridgehead atoms. The van der Waals surface area contributed by atoms with Gasteiger partial charge in [0.1, 0.15) is 17.5 Å². The van der Waals surface area contributed by atoms with Crippen molar-refractivity contribution in [2.45, 2.75) is 0 Å². The van der Waals surface area contributed by atoms with Crippen molar-refractivity contribution < 1.29 is 22.4 Å². The van der Waals surface area contributed by atoms with E-state index in [-0.39, 0.29) is 16.4 Å². The molecular formula is C15H6ClF3O2. The molecule has 0 amide bonds. The predicted molar refractivity (Wildman–Crippen MR) is 71.0 cm³/mol. The number of carbonyl (C=O) groups excluding carboxylic acids is 1. The van der Waals surface area contributed by atoms with Crippen molar-refractivity contribution in [3.05, 3.63) is 70.2 Å². The molecule has 0 aliphatic heterocycles. The van der Waals surface area contributed by atoms with Gasteiger partial charge in [-0.25, -0.2) is 13.2 Å². The molecule has 1 aromatic heterocycles. The van der Waals surface area contributed by atoms with E-state index in [9.17, 15) is 18.0 Å². The quantitative estimate of drug-likeness (QED) is 0.640. The highest BCUT2D eigenvalue weighted by Gasteiger charge is 2.23. The van der Waals surface area contributed by atoms with Gasteiger partial charge in [-0.05, 0) is 12.1 Å². The number of carbonyl (C=O) groups is 1. The second kappa shape index (κ2) is 4.93. The summed E-state index contributed by atoms with van der Waals surface area (Å²) < 4.78 is 45.3. The molecule has 0 aliphatic rings. The molecule has 0 radical (unpaired) electrons. The van der Waals surface area contributed by atoms with E-state index in [1.807, 2.05) is 0 Å². The van der Waals surface area contributed by atoms with Crippen molar-refractivity contribution >= 4 is 28.4 Å². The highest BCUT2D eigenvalue weighted by atomic mass is 35.5. The normalized spacial score (nSPS) is 11.0. The molecule has 106 valence electrons. The van der Waals surface area contributed by atoms with E-state index >= 15 is 0 Å². The van der Waals surface area contributed by atoms with Crippen LogP contribution in [0.25, 0.3) is 11.0 Å². The van der Waals surface area contributed by atoms with Crippen molar-refractivity contribution in [3.8, 4) is 0 Å². The topological polar surface area (TPSA) is 30.2 Å². The summed E-state index contributed by atoms with van der Waals surface area (Å²) in [6, 6.07) is 7.04. The molecule has 1 heterocycles. The summed E-state index contributed by atoms with van der Waals surface area (Å²) in [5.41, 5.74) is -0.628. The Balaban J connectivity index is 2.15. The Labute approximate surface area is 121 Å². The molecule has 0 spiro atoms. The first-order valence-corrected chi connectivity index (χ1v) is 6.22. The molecule has 0 unspecified atom stereocenters. The van der Waals surface area contributed by atoms with Crippen LogP contribution in [0.15, 0.2) is 40.8 Å². The molecule has 0 saturated carbocycles. The van der Waals surface area contributed by atoms with E-state index in [1.165, 1.54) is 6.07 Å². The number of furan rings is 1. The number of hydrogen-bond donors (Lipinski definition) is 0. The number of rotatable bonds is 2. The maximum Gasteiger partial charge on any atom is 0.234 e. The highest BCUT2D eigenvalue weighted by molar-refractivity contribution is 6.35. The lowest BCUT2D eigenvalue weighted by Gasteiger charge is -2.02. The fraction of sp³-hybridized carbons (Fsp3) is 0. The summed E-state index contributed by atoms with van der Waals surface area (Å²) in [7, 11) is 0.